The van der Waals surface area contributed by atoms with Crippen LogP contribution in [0.5, 0.6) is 0 Å². The SMILES string of the molecule is CC(=CC(=O)N1CCC(CN)CC1)c1ccccc1C(F)(F)F. The Morgan fingerprint density at radius 1 is 1.30 bits per heavy atom. The van der Waals surface area contributed by atoms with E-state index in [1.165, 1.54) is 25.1 Å². The van der Waals surface area contributed by atoms with Crippen LogP contribution in [0.25, 0.3) is 5.57 Å². The van der Waals surface area contributed by atoms with Crippen molar-refractivity contribution in [3.63, 3.8) is 0 Å². The third-order valence-electron chi connectivity index (χ3n) is 4.26. The van der Waals surface area contributed by atoms with Gasteiger partial charge in [0, 0.05) is 19.2 Å². The molecule has 1 aromatic carbocycles. The predicted octanol–water partition coefficient (Wildman–Crippen LogP) is 3.31. The Morgan fingerprint density at radius 2 is 1.91 bits per heavy atom. The molecule has 3 nitrogen and oxygen atoms in total. The zero-order valence-corrected chi connectivity index (χ0v) is 13.1. The van der Waals surface area contributed by atoms with Crippen LogP contribution in [-0.4, -0.2) is 30.4 Å². The number of rotatable bonds is 3. The van der Waals surface area contributed by atoms with Gasteiger partial charge in [-0.1, -0.05) is 18.2 Å². The van der Waals surface area contributed by atoms with Crippen molar-refractivity contribution in [2.45, 2.75) is 25.9 Å². The lowest BCUT2D eigenvalue weighted by Crippen LogP contribution is -2.39. The number of amides is 1. The molecule has 0 atom stereocenters. The summed E-state index contributed by atoms with van der Waals surface area (Å²) in [5, 5.41) is 0. The van der Waals surface area contributed by atoms with Crippen molar-refractivity contribution >= 4 is 11.5 Å². The summed E-state index contributed by atoms with van der Waals surface area (Å²) < 4.78 is 39.1. The molecule has 6 heteroatoms. The summed E-state index contributed by atoms with van der Waals surface area (Å²) in [6.45, 7) is 3.35. The maximum atomic E-state index is 13.0. The van der Waals surface area contributed by atoms with Crippen LogP contribution in [0.2, 0.25) is 0 Å². The summed E-state index contributed by atoms with van der Waals surface area (Å²) in [4.78, 5) is 13.9. The number of benzene rings is 1. The molecule has 1 heterocycles. The van der Waals surface area contributed by atoms with Crippen LogP contribution in [0.1, 0.15) is 30.9 Å². The molecule has 1 amide bonds. The lowest BCUT2D eigenvalue weighted by Gasteiger charge is -2.30. The number of nitrogens with zero attached hydrogens (tertiary/aromatic N) is 1. The second-order valence-corrected chi connectivity index (χ2v) is 5.88. The number of carbonyl (C=O) groups excluding carboxylic acids is 1. The van der Waals surface area contributed by atoms with E-state index in [0.717, 1.165) is 18.9 Å². The summed E-state index contributed by atoms with van der Waals surface area (Å²) in [5.41, 5.74) is 5.27. The number of hydrogen-bond acceptors (Lipinski definition) is 2. The first-order chi connectivity index (χ1) is 10.8. The summed E-state index contributed by atoms with van der Waals surface area (Å²) >= 11 is 0. The van der Waals surface area contributed by atoms with Gasteiger partial charge in [-0.2, -0.15) is 13.2 Å². The molecule has 2 rings (SSSR count). The van der Waals surface area contributed by atoms with Crippen molar-refractivity contribution in [2.24, 2.45) is 11.7 Å². The lowest BCUT2D eigenvalue weighted by molar-refractivity contribution is -0.137. The fourth-order valence-electron chi connectivity index (χ4n) is 2.82. The van der Waals surface area contributed by atoms with E-state index in [1.807, 2.05) is 0 Å². The van der Waals surface area contributed by atoms with Crippen LogP contribution in [0.15, 0.2) is 30.3 Å². The number of allylic oxidation sites excluding steroid dienone is 1. The van der Waals surface area contributed by atoms with Gasteiger partial charge in [-0.3, -0.25) is 4.79 Å². The molecule has 0 bridgehead atoms. The molecule has 0 aliphatic carbocycles. The van der Waals surface area contributed by atoms with Crippen molar-refractivity contribution < 1.29 is 18.0 Å². The van der Waals surface area contributed by atoms with Crippen LogP contribution in [0.3, 0.4) is 0 Å². The molecular weight excluding hydrogens is 305 g/mol. The highest BCUT2D eigenvalue weighted by Crippen LogP contribution is 2.34. The molecule has 0 aromatic heterocycles. The molecule has 2 N–H and O–H groups in total. The van der Waals surface area contributed by atoms with E-state index in [-0.39, 0.29) is 11.5 Å². The fraction of sp³-hybridized carbons (Fsp3) is 0.471. The summed E-state index contributed by atoms with van der Waals surface area (Å²) in [6.07, 6.45) is -1.45. The highest BCUT2D eigenvalue weighted by molar-refractivity contribution is 5.95. The van der Waals surface area contributed by atoms with E-state index in [1.54, 1.807) is 11.0 Å². The second kappa shape index (κ2) is 7.17. The number of alkyl halides is 3. The average Bonchev–Trinajstić information content (AvgIpc) is 2.54. The first-order valence-corrected chi connectivity index (χ1v) is 7.66. The second-order valence-electron chi connectivity index (χ2n) is 5.88. The molecule has 126 valence electrons. The van der Waals surface area contributed by atoms with Crippen LogP contribution < -0.4 is 5.73 Å². The van der Waals surface area contributed by atoms with E-state index in [0.29, 0.717) is 31.1 Å². The molecule has 1 aromatic rings. The number of nitrogens with two attached hydrogens (primary N) is 1. The first-order valence-electron chi connectivity index (χ1n) is 7.66. The minimum atomic E-state index is -4.44. The monoisotopic (exact) mass is 326 g/mol. The number of halogens is 3. The van der Waals surface area contributed by atoms with Gasteiger partial charge in [-0.15, -0.1) is 0 Å². The van der Waals surface area contributed by atoms with Gasteiger partial charge in [-0.05, 0) is 49.4 Å². The van der Waals surface area contributed by atoms with Crippen LogP contribution >= 0.6 is 0 Å². The minimum Gasteiger partial charge on any atom is -0.339 e. The van der Waals surface area contributed by atoms with Gasteiger partial charge in [0.05, 0.1) is 5.56 Å². The maximum Gasteiger partial charge on any atom is 0.416 e. The molecular formula is C17H21F3N2O. The molecule has 1 aliphatic rings. The molecule has 0 spiro atoms. The fourth-order valence-corrected chi connectivity index (χ4v) is 2.82. The van der Waals surface area contributed by atoms with E-state index < -0.39 is 11.7 Å². The van der Waals surface area contributed by atoms with Crippen LogP contribution in [0.4, 0.5) is 13.2 Å². The Bertz CT molecular complexity index is 588. The smallest absolute Gasteiger partial charge is 0.339 e. The largest absolute Gasteiger partial charge is 0.416 e. The Labute approximate surface area is 134 Å². The third-order valence-corrected chi connectivity index (χ3v) is 4.26. The van der Waals surface area contributed by atoms with Gasteiger partial charge in [0.1, 0.15) is 0 Å². The average molecular weight is 326 g/mol. The molecule has 1 aliphatic heterocycles. The highest BCUT2D eigenvalue weighted by Gasteiger charge is 2.33. The van der Waals surface area contributed by atoms with Crippen molar-refractivity contribution in [1.82, 2.24) is 4.90 Å². The Balaban J connectivity index is 2.16. The van der Waals surface area contributed by atoms with E-state index in [4.69, 9.17) is 5.73 Å². The van der Waals surface area contributed by atoms with Gasteiger partial charge in [0.2, 0.25) is 5.91 Å². The maximum absolute atomic E-state index is 13.0. The summed E-state index contributed by atoms with van der Waals surface area (Å²) in [5.74, 6) is 0.185. The van der Waals surface area contributed by atoms with Gasteiger partial charge < -0.3 is 10.6 Å². The Kier molecular flexibility index (Phi) is 5.46. The van der Waals surface area contributed by atoms with Crippen molar-refractivity contribution in [3.05, 3.63) is 41.5 Å². The van der Waals surface area contributed by atoms with Crippen LogP contribution in [-0.2, 0) is 11.0 Å². The van der Waals surface area contributed by atoms with Gasteiger partial charge in [-0.25, -0.2) is 0 Å². The van der Waals surface area contributed by atoms with Crippen LogP contribution in [0, 0.1) is 5.92 Å². The highest BCUT2D eigenvalue weighted by atomic mass is 19.4. The molecule has 0 unspecified atom stereocenters. The lowest BCUT2D eigenvalue weighted by atomic mass is 9.96. The third kappa shape index (κ3) is 4.34. The molecule has 0 radical (unpaired) electrons. The first kappa shape index (κ1) is 17.5. The van der Waals surface area contributed by atoms with Crippen molar-refractivity contribution in [3.8, 4) is 0 Å². The minimum absolute atomic E-state index is 0.0465. The van der Waals surface area contributed by atoms with Crippen molar-refractivity contribution in [1.29, 1.82) is 0 Å². The molecule has 0 saturated carbocycles. The molecule has 23 heavy (non-hydrogen) atoms. The quantitative estimate of drug-likeness (QED) is 0.866. The topological polar surface area (TPSA) is 46.3 Å². The van der Waals surface area contributed by atoms with Gasteiger partial charge in [0.15, 0.2) is 0 Å². The summed E-state index contributed by atoms with van der Waals surface area (Å²) in [6, 6.07) is 5.31. The Hall–Kier alpha value is -1.82. The number of hydrogen-bond donors (Lipinski definition) is 1. The van der Waals surface area contributed by atoms with E-state index >= 15 is 0 Å². The van der Waals surface area contributed by atoms with Crippen molar-refractivity contribution in [2.75, 3.05) is 19.6 Å². The standard InChI is InChI=1S/C17H21F3N2O/c1-12(14-4-2-3-5-15(14)17(18,19)20)10-16(23)22-8-6-13(11-21)7-9-22/h2-5,10,13H,6-9,11,21H2,1H3. The van der Waals surface area contributed by atoms with Gasteiger partial charge >= 0.3 is 6.18 Å². The Morgan fingerprint density at radius 3 is 2.48 bits per heavy atom. The zero-order chi connectivity index (χ0) is 17.0. The van der Waals surface area contributed by atoms with E-state index in [2.05, 4.69) is 0 Å². The van der Waals surface area contributed by atoms with E-state index in [9.17, 15) is 18.0 Å². The summed E-state index contributed by atoms with van der Waals surface area (Å²) in [7, 11) is 0. The molecule has 1 saturated heterocycles. The molecule has 1 fully saturated rings. The normalized spacial score (nSPS) is 17.4. The number of likely N-dealkylation sites (tertiary alicyclic amines) is 1. The predicted molar refractivity (Wildman–Crippen MR) is 83.5 cm³/mol. The zero-order valence-electron chi connectivity index (χ0n) is 13.1. The number of carbonyl (C=O) groups is 1. The number of piperidine rings is 1. The van der Waals surface area contributed by atoms with Gasteiger partial charge in [0.25, 0.3) is 0 Å².